The van der Waals surface area contributed by atoms with E-state index in [1.807, 2.05) is 6.92 Å². The Morgan fingerprint density at radius 3 is 2.32 bits per heavy atom. The molecule has 0 bridgehead atoms. The van der Waals surface area contributed by atoms with Gasteiger partial charge in [0, 0.05) is 12.5 Å². The van der Waals surface area contributed by atoms with E-state index < -0.39 is 24.3 Å². The summed E-state index contributed by atoms with van der Waals surface area (Å²) in [7, 11) is -5.04. The average Bonchev–Trinajstić information content (AvgIpc) is 2.41. The number of aryl methyl sites for hydroxylation is 1. The minimum absolute atomic E-state index is 0.0927. The van der Waals surface area contributed by atoms with Crippen LogP contribution in [0.15, 0.2) is 29.2 Å². The van der Waals surface area contributed by atoms with Crippen molar-refractivity contribution in [3.63, 3.8) is 0 Å². The van der Waals surface area contributed by atoms with E-state index in [4.69, 9.17) is 4.18 Å². The topological polar surface area (TPSA) is 63.6 Å². The van der Waals surface area contributed by atoms with Crippen LogP contribution < -0.4 is 0 Å². The lowest BCUT2D eigenvalue weighted by atomic mass is 10.2. The summed E-state index contributed by atoms with van der Waals surface area (Å²) in [6, 6.07) is 7.25. The molecule has 6 heteroatoms. The van der Waals surface area contributed by atoms with Crippen LogP contribution in [0.2, 0.25) is 25.7 Å². The van der Waals surface area contributed by atoms with Gasteiger partial charge >= 0.3 is 0 Å². The molecule has 122 valence electrons. The highest BCUT2D eigenvalue weighted by molar-refractivity contribution is 7.86. The molecule has 0 radical (unpaired) electrons. The third kappa shape index (κ3) is 7.23. The van der Waals surface area contributed by atoms with Crippen LogP contribution in [0.4, 0.5) is 0 Å². The summed E-state index contributed by atoms with van der Waals surface area (Å²) in [5, 5.41) is 9.75. The summed E-state index contributed by atoms with van der Waals surface area (Å²) in [5.74, 6) is 5.92. The molecule has 0 amide bonds. The molecule has 0 unspecified atom stereocenters. The molecule has 0 spiro atoms. The molecule has 0 aromatic heterocycles. The Balaban J connectivity index is 2.49. The molecular formula is C16H24O4SSi. The Bertz CT molecular complexity index is 633. The van der Waals surface area contributed by atoms with Gasteiger partial charge in [-0.25, -0.2) is 0 Å². The predicted molar refractivity (Wildman–Crippen MR) is 90.9 cm³/mol. The quantitative estimate of drug-likeness (QED) is 0.491. The van der Waals surface area contributed by atoms with Gasteiger partial charge in [-0.3, -0.25) is 4.18 Å². The lowest BCUT2D eigenvalue weighted by Crippen LogP contribution is -2.19. The number of hydrogen-bond donors (Lipinski definition) is 1. The second kappa shape index (κ2) is 7.93. The van der Waals surface area contributed by atoms with Gasteiger partial charge in [0.1, 0.15) is 0 Å². The SMILES string of the molecule is Cc1ccc(S(=O)(=O)OC[C@@H](O)CC#CC[Si](C)(C)C)cc1. The first-order valence-corrected chi connectivity index (χ1v) is 12.3. The number of aliphatic hydroxyl groups is 1. The summed E-state index contributed by atoms with van der Waals surface area (Å²) in [6.07, 6.45) is -0.692. The van der Waals surface area contributed by atoms with Crippen LogP contribution in [-0.2, 0) is 14.3 Å². The van der Waals surface area contributed by atoms with Gasteiger partial charge in [0.2, 0.25) is 0 Å². The highest BCUT2D eigenvalue weighted by atomic mass is 32.2. The largest absolute Gasteiger partial charge is 0.390 e. The number of benzene rings is 1. The smallest absolute Gasteiger partial charge is 0.297 e. The summed E-state index contributed by atoms with van der Waals surface area (Å²) in [5.41, 5.74) is 0.969. The summed E-state index contributed by atoms with van der Waals surface area (Å²) in [4.78, 5) is 0.0927. The van der Waals surface area contributed by atoms with Crippen LogP contribution in [0, 0.1) is 18.8 Å². The second-order valence-corrected chi connectivity index (χ2v) is 13.6. The van der Waals surface area contributed by atoms with Crippen molar-refractivity contribution in [2.24, 2.45) is 0 Å². The average molecular weight is 341 g/mol. The fourth-order valence-corrected chi connectivity index (χ4v) is 3.11. The first kappa shape index (κ1) is 18.9. The predicted octanol–water partition coefficient (Wildman–Crippen LogP) is 2.79. The van der Waals surface area contributed by atoms with Gasteiger partial charge < -0.3 is 5.11 Å². The molecule has 0 fully saturated rings. The number of rotatable bonds is 6. The van der Waals surface area contributed by atoms with E-state index >= 15 is 0 Å². The van der Waals surface area contributed by atoms with Crippen LogP contribution in [-0.4, -0.2) is 34.3 Å². The zero-order valence-corrected chi connectivity index (χ0v) is 15.4. The van der Waals surface area contributed by atoms with E-state index in [-0.39, 0.29) is 17.9 Å². The molecule has 4 nitrogen and oxygen atoms in total. The standard InChI is InChI=1S/C16H24O4SSi/c1-14-8-10-16(11-9-14)21(18,19)20-13-15(17)7-5-6-12-22(2,3)4/h8-11,15,17H,7,12-13H2,1-4H3/t15-/m0/s1. The minimum Gasteiger partial charge on any atom is -0.390 e. The molecule has 0 aliphatic carbocycles. The van der Waals surface area contributed by atoms with Crippen molar-refractivity contribution >= 4 is 18.2 Å². The maximum atomic E-state index is 11.9. The highest BCUT2D eigenvalue weighted by Crippen LogP contribution is 2.13. The van der Waals surface area contributed by atoms with Gasteiger partial charge in [-0.15, -0.1) is 11.8 Å². The molecule has 1 aromatic carbocycles. The number of hydrogen-bond acceptors (Lipinski definition) is 4. The van der Waals surface area contributed by atoms with Crippen molar-refractivity contribution in [2.45, 2.75) is 50.0 Å². The Kier molecular flexibility index (Phi) is 6.82. The van der Waals surface area contributed by atoms with Crippen LogP contribution >= 0.6 is 0 Å². The monoisotopic (exact) mass is 340 g/mol. The fraction of sp³-hybridized carbons (Fsp3) is 0.500. The maximum Gasteiger partial charge on any atom is 0.297 e. The first-order valence-electron chi connectivity index (χ1n) is 7.20. The molecule has 0 aliphatic heterocycles. The maximum absolute atomic E-state index is 11.9. The second-order valence-electron chi connectivity index (χ2n) is 6.50. The zero-order valence-electron chi connectivity index (χ0n) is 13.6. The van der Waals surface area contributed by atoms with Crippen molar-refractivity contribution in [1.82, 2.24) is 0 Å². The van der Waals surface area contributed by atoms with Crippen molar-refractivity contribution in [1.29, 1.82) is 0 Å². The van der Waals surface area contributed by atoms with Crippen molar-refractivity contribution in [2.75, 3.05) is 6.61 Å². The van der Waals surface area contributed by atoms with E-state index in [2.05, 4.69) is 31.5 Å². The molecule has 0 aliphatic rings. The van der Waals surface area contributed by atoms with Gasteiger partial charge in [-0.1, -0.05) is 37.3 Å². The van der Waals surface area contributed by atoms with Gasteiger partial charge in [0.15, 0.2) is 0 Å². The Labute approximate surface area is 134 Å². The Hall–Kier alpha value is -1.13. The summed E-state index contributed by atoms with van der Waals surface area (Å²) in [6.45, 7) is 8.25. The van der Waals surface area contributed by atoms with E-state index in [1.54, 1.807) is 12.1 Å². The third-order valence-corrected chi connectivity index (χ3v) is 5.34. The van der Waals surface area contributed by atoms with Crippen molar-refractivity contribution < 1.29 is 17.7 Å². The van der Waals surface area contributed by atoms with E-state index in [9.17, 15) is 13.5 Å². The third-order valence-electron chi connectivity index (χ3n) is 2.81. The highest BCUT2D eigenvalue weighted by Gasteiger charge is 2.17. The van der Waals surface area contributed by atoms with Gasteiger partial charge in [0.05, 0.1) is 25.7 Å². The molecule has 0 saturated heterocycles. The molecule has 0 heterocycles. The first-order chi connectivity index (χ1) is 10.1. The van der Waals surface area contributed by atoms with Gasteiger partial charge in [-0.2, -0.15) is 8.42 Å². The fourth-order valence-electron chi connectivity index (χ4n) is 1.52. The normalized spacial score (nSPS) is 13.3. The lowest BCUT2D eigenvalue weighted by Gasteiger charge is -2.10. The van der Waals surface area contributed by atoms with E-state index in [0.717, 1.165) is 11.6 Å². The Morgan fingerprint density at radius 2 is 1.77 bits per heavy atom. The molecule has 0 saturated carbocycles. The molecule has 1 rings (SSSR count). The van der Waals surface area contributed by atoms with Crippen LogP contribution in [0.5, 0.6) is 0 Å². The van der Waals surface area contributed by atoms with E-state index in [1.165, 1.54) is 12.1 Å². The van der Waals surface area contributed by atoms with Crippen LogP contribution in [0.3, 0.4) is 0 Å². The molecule has 1 atom stereocenters. The van der Waals surface area contributed by atoms with Crippen LogP contribution in [0.1, 0.15) is 12.0 Å². The van der Waals surface area contributed by atoms with E-state index in [0.29, 0.717) is 0 Å². The molecule has 1 N–H and O–H groups in total. The zero-order chi connectivity index (χ0) is 16.8. The Morgan fingerprint density at radius 1 is 1.18 bits per heavy atom. The number of aliphatic hydroxyl groups excluding tert-OH is 1. The summed E-state index contributed by atoms with van der Waals surface area (Å²) < 4.78 is 28.8. The molecule has 22 heavy (non-hydrogen) atoms. The summed E-state index contributed by atoms with van der Waals surface area (Å²) >= 11 is 0. The van der Waals surface area contributed by atoms with Gasteiger partial charge in [0.25, 0.3) is 10.1 Å². The van der Waals surface area contributed by atoms with Crippen molar-refractivity contribution in [3.05, 3.63) is 29.8 Å². The van der Waals surface area contributed by atoms with Gasteiger partial charge in [-0.05, 0) is 19.1 Å². The minimum atomic E-state index is -3.83. The van der Waals surface area contributed by atoms with Crippen molar-refractivity contribution in [3.8, 4) is 11.8 Å². The van der Waals surface area contributed by atoms with Crippen LogP contribution in [0.25, 0.3) is 0 Å². The lowest BCUT2D eigenvalue weighted by molar-refractivity contribution is 0.115. The molecular weight excluding hydrogens is 316 g/mol. The molecule has 1 aromatic rings.